The second-order valence-corrected chi connectivity index (χ2v) is 8.88. The number of hydrogen-bond acceptors (Lipinski definition) is 6. The van der Waals surface area contributed by atoms with Crippen LogP contribution in [0.25, 0.3) is 0 Å². The number of hydrogen-bond donors (Lipinski definition) is 2. The Labute approximate surface area is 164 Å². The number of sulfonamides is 1. The van der Waals surface area contributed by atoms with Gasteiger partial charge >= 0.3 is 0 Å². The summed E-state index contributed by atoms with van der Waals surface area (Å²) in [5.41, 5.74) is 2.28. The molecule has 0 aliphatic carbocycles. The van der Waals surface area contributed by atoms with E-state index in [1.54, 1.807) is 12.1 Å². The van der Waals surface area contributed by atoms with Gasteiger partial charge in [-0.1, -0.05) is 24.6 Å². The van der Waals surface area contributed by atoms with Crippen LogP contribution in [0.15, 0.2) is 33.7 Å². The topological polar surface area (TPSA) is 101 Å². The Bertz CT molecular complexity index is 859. The zero-order valence-electron chi connectivity index (χ0n) is 15.7. The van der Waals surface area contributed by atoms with Gasteiger partial charge < -0.3 is 9.84 Å². The molecule has 0 atom stereocenters. The Kier molecular flexibility index (Phi) is 7.88. The van der Waals surface area contributed by atoms with E-state index in [-0.39, 0.29) is 16.6 Å². The van der Waals surface area contributed by atoms with Crippen LogP contribution in [0, 0.1) is 13.8 Å². The van der Waals surface area contributed by atoms with Crippen molar-refractivity contribution in [3.05, 3.63) is 41.3 Å². The SMILES string of the molecule is CCCCNS(=O)(=O)c1cccc(NC(=O)CSCc2c(C)noc2C)c1. The molecule has 1 amide bonds. The molecule has 1 aromatic carbocycles. The molecule has 0 bridgehead atoms. The zero-order chi connectivity index (χ0) is 19.9. The third-order valence-corrected chi connectivity index (χ3v) is 6.33. The van der Waals surface area contributed by atoms with Crippen LogP contribution in [-0.4, -0.2) is 31.8 Å². The highest BCUT2D eigenvalue weighted by Gasteiger charge is 2.14. The molecule has 2 N–H and O–H groups in total. The van der Waals surface area contributed by atoms with Gasteiger partial charge in [-0.05, 0) is 38.5 Å². The number of carbonyl (C=O) groups is 1. The van der Waals surface area contributed by atoms with Crippen molar-refractivity contribution in [2.24, 2.45) is 0 Å². The smallest absolute Gasteiger partial charge is 0.240 e. The van der Waals surface area contributed by atoms with Crippen molar-refractivity contribution >= 4 is 33.4 Å². The molecule has 0 aliphatic rings. The molecule has 0 saturated carbocycles. The van der Waals surface area contributed by atoms with E-state index in [2.05, 4.69) is 15.2 Å². The van der Waals surface area contributed by atoms with Gasteiger partial charge in [0, 0.05) is 23.5 Å². The average molecular weight is 412 g/mol. The summed E-state index contributed by atoms with van der Waals surface area (Å²) < 4.78 is 32.2. The Morgan fingerprint density at radius 2 is 2.07 bits per heavy atom. The van der Waals surface area contributed by atoms with Crippen molar-refractivity contribution in [3.63, 3.8) is 0 Å². The predicted molar refractivity (Wildman–Crippen MR) is 107 cm³/mol. The quantitative estimate of drug-likeness (QED) is 0.582. The summed E-state index contributed by atoms with van der Waals surface area (Å²) in [6.45, 7) is 6.10. The lowest BCUT2D eigenvalue weighted by atomic mass is 10.2. The summed E-state index contributed by atoms with van der Waals surface area (Å²) in [7, 11) is -3.57. The second kappa shape index (κ2) is 9.91. The fourth-order valence-electron chi connectivity index (χ4n) is 2.36. The van der Waals surface area contributed by atoms with E-state index >= 15 is 0 Å². The fraction of sp³-hybridized carbons (Fsp3) is 0.444. The first-order valence-electron chi connectivity index (χ1n) is 8.72. The summed E-state index contributed by atoms with van der Waals surface area (Å²) in [6, 6.07) is 6.25. The van der Waals surface area contributed by atoms with Crippen LogP contribution in [-0.2, 0) is 20.6 Å². The number of aryl methyl sites for hydroxylation is 2. The standard InChI is InChI=1S/C18H25N3O4S2/c1-4-5-9-19-27(23,24)16-8-6-7-15(10-16)20-18(22)12-26-11-17-13(2)21-25-14(17)3/h6-8,10,19H,4-5,9,11-12H2,1-3H3,(H,20,22). The van der Waals surface area contributed by atoms with Gasteiger partial charge in [-0.15, -0.1) is 11.8 Å². The number of anilines is 1. The van der Waals surface area contributed by atoms with E-state index in [9.17, 15) is 13.2 Å². The van der Waals surface area contributed by atoms with Crippen molar-refractivity contribution in [1.82, 2.24) is 9.88 Å². The molecule has 0 fully saturated rings. The third-order valence-electron chi connectivity index (χ3n) is 3.91. The van der Waals surface area contributed by atoms with Gasteiger partial charge in [0.1, 0.15) is 5.76 Å². The maximum atomic E-state index is 12.3. The normalized spacial score (nSPS) is 11.5. The van der Waals surface area contributed by atoms with Gasteiger partial charge in [0.25, 0.3) is 0 Å². The molecule has 7 nitrogen and oxygen atoms in total. The number of aromatic nitrogens is 1. The first-order valence-corrected chi connectivity index (χ1v) is 11.4. The van der Waals surface area contributed by atoms with Crippen molar-refractivity contribution in [3.8, 4) is 0 Å². The molecule has 0 aliphatic heterocycles. The van der Waals surface area contributed by atoms with E-state index in [1.165, 1.54) is 23.9 Å². The van der Waals surface area contributed by atoms with Crippen LogP contribution in [0.1, 0.15) is 36.8 Å². The van der Waals surface area contributed by atoms with Gasteiger partial charge in [-0.25, -0.2) is 13.1 Å². The molecule has 27 heavy (non-hydrogen) atoms. The number of amides is 1. The summed E-state index contributed by atoms with van der Waals surface area (Å²) in [6.07, 6.45) is 1.68. The number of nitrogens with zero attached hydrogens (tertiary/aromatic N) is 1. The highest BCUT2D eigenvalue weighted by molar-refractivity contribution is 7.99. The zero-order valence-corrected chi connectivity index (χ0v) is 17.4. The van der Waals surface area contributed by atoms with Crippen LogP contribution < -0.4 is 10.0 Å². The molecule has 2 aromatic rings. The number of thioether (sulfide) groups is 1. The number of unbranched alkanes of at least 4 members (excludes halogenated alkanes) is 1. The van der Waals surface area contributed by atoms with Crippen LogP contribution in [0.5, 0.6) is 0 Å². The molecular weight excluding hydrogens is 386 g/mol. The fourth-order valence-corrected chi connectivity index (χ4v) is 4.45. The van der Waals surface area contributed by atoms with E-state index in [0.29, 0.717) is 18.0 Å². The Balaban J connectivity index is 1.90. The van der Waals surface area contributed by atoms with Crippen LogP contribution in [0.2, 0.25) is 0 Å². The molecule has 1 heterocycles. The second-order valence-electron chi connectivity index (χ2n) is 6.12. The highest BCUT2D eigenvalue weighted by Crippen LogP contribution is 2.20. The lowest BCUT2D eigenvalue weighted by molar-refractivity contribution is -0.113. The maximum Gasteiger partial charge on any atom is 0.240 e. The molecule has 2 rings (SSSR count). The van der Waals surface area contributed by atoms with Gasteiger partial charge in [0.15, 0.2) is 0 Å². The van der Waals surface area contributed by atoms with Crippen molar-refractivity contribution < 1.29 is 17.7 Å². The Morgan fingerprint density at radius 3 is 2.74 bits per heavy atom. The number of benzene rings is 1. The summed E-state index contributed by atoms with van der Waals surface area (Å²) >= 11 is 1.45. The Morgan fingerprint density at radius 1 is 1.30 bits per heavy atom. The summed E-state index contributed by atoms with van der Waals surface area (Å²) in [5.74, 6) is 1.44. The molecule has 148 valence electrons. The minimum Gasteiger partial charge on any atom is -0.361 e. The van der Waals surface area contributed by atoms with E-state index < -0.39 is 10.0 Å². The lowest BCUT2D eigenvalue weighted by Gasteiger charge is -2.09. The van der Waals surface area contributed by atoms with Gasteiger partial charge in [-0.3, -0.25) is 4.79 Å². The molecule has 1 aromatic heterocycles. The summed E-state index contributed by atoms with van der Waals surface area (Å²) in [5, 5.41) is 6.63. The largest absolute Gasteiger partial charge is 0.361 e. The van der Waals surface area contributed by atoms with Crippen LogP contribution in [0.4, 0.5) is 5.69 Å². The number of rotatable bonds is 10. The van der Waals surface area contributed by atoms with E-state index in [1.807, 2.05) is 20.8 Å². The highest BCUT2D eigenvalue weighted by atomic mass is 32.2. The van der Waals surface area contributed by atoms with Crippen molar-refractivity contribution in [1.29, 1.82) is 0 Å². The summed E-state index contributed by atoms with van der Waals surface area (Å²) in [4.78, 5) is 12.3. The molecule has 0 saturated heterocycles. The minimum absolute atomic E-state index is 0.139. The third kappa shape index (κ3) is 6.37. The molecule has 0 radical (unpaired) electrons. The molecule has 0 unspecified atom stereocenters. The molecule has 9 heteroatoms. The first kappa shape index (κ1) is 21.5. The average Bonchev–Trinajstić information content (AvgIpc) is 2.94. The number of carbonyl (C=O) groups excluding carboxylic acids is 1. The first-order chi connectivity index (χ1) is 12.8. The maximum absolute atomic E-state index is 12.3. The predicted octanol–water partition coefficient (Wildman–Crippen LogP) is 3.24. The minimum atomic E-state index is -3.57. The Hall–Kier alpha value is -1.84. The molecular formula is C18H25N3O4S2. The van der Waals surface area contributed by atoms with E-state index in [0.717, 1.165) is 29.9 Å². The van der Waals surface area contributed by atoms with Crippen LogP contribution >= 0.6 is 11.8 Å². The lowest BCUT2D eigenvalue weighted by Crippen LogP contribution is -2.25. The monoisotopic (exact) mass is 411 g/mol. The van der Waals surface area contributed by atoms with E-state index in [4.69, 9.17) is 4.52 Å². The van der Waals surface area contributed by atoms with Crippen LogP contribution in [0.3, 0.4) is 0 Å². The van der Waals surface area contributed by atoms with Crippen molar-refractivity contribution in [2.45, 2.75) is 44.3 Å². The molecule has 0 spiro atoms. The van der Waals surface area contributed by atoms with Gasteiger partial charge in [0.2, 0.25) is 15.9 Å². The van der Waals surface area contributed by atoms with Gasteiger partial charge in [-0.2, -0.15) is 0 Å². The van der Waals surface area contributed by atoms with Crippen molar-refractivity contribution in [2.75, 3.05) is 17.6 Å². The number of nitrogens with one attached hydrogen (secondary N) is 2. The van der Waals surface area contributed by atoms with Gasteiger partial charge in [0.05, 0.1) is 16.3 Å².